The lowest BCUT2D eigenvalue weighted by atomic mass is 10.0. The van der Waals surface area contributed by atoms with Gasteiger partial charge in [0.05, 0.1) is 0 Å². The van der Waals surface area contributed by atoms with Crippen molar-refractivity contribution in [2.45, 2.75) is 31.9 Å². The molecule has 0 radical (unpaired) electrons. The Kier molecular flexibility index (Phi) is 2.24. The molecule has 0 amide bonds. The Morgan fingerprint density at radius 3 is 2.50 bits per heavy atom. The predicted molar refractivity (Wildman–Crippen MR) is 40.3 cm³/mol. The molecule has 1 saturated heterocycles. The third-order valence-electron chi connectivity index (χ3n) is 2.01. The summed E-state index contributed by atoms with van der Waals surface area (Å²) < 4.78 is 0. The molecule has 0 nitrogen and oxygen atoms in total. The summed E-state index contributed by atoms with van der Waals surface area (Å²) in [7, 11) is 0. The van der Waals surface area contributed by atoms with Crippen molar-refractivity contribution in [3.05, 3.63) is 0 Å². The van der Waals surface area contributed by atoms with Gasteiger partial charge in [-0.25, -0.2) is 0 Å². The van der Waals surface area contributed by atoms with Gasteiger partial charge in [-0.1, -0.05) is 20.3 Å². The Morgan fingerprint density at radius 2 is 2.38 bits per heavy atom. The van der Waals surface area contributed by atoms with Crippen molar-refractivity contribution in [3.63, 3.8) is 0 Å². The maximum absolute atomic E-state index is 2.36. The summed E-state index contributed by atoms with van der Waals surface area (Å²) in [5.41, 5.74) is 0. The number of rotatable bonds is 2. The first-order chi connectivity index (χ1) is 3.84. The van der Waals surface area contributed by atoms with Crippen LogP contribution in [0.3, 0.4) is 0 Å². The van der Waals surface area contributed by atoms with E-state index in [9.17, 15) is 0 Å². The lowest BCUT2D eigenvalue weighted by molar-refractivity contribution is 0.509. The van der Waals surface area contributed by atoms with Gasteiger partial charge in [0.1, 0.15) is 0 Å². The first-order valence-corrected chi connectivity index (χ1v) is 4.51. The van der Waals surface area contributed by atoms with E-state index >= 15 is 0 Å². The van der Waals surface area contributed by atoms with E-state index in [1.54, 1.807) is 0 Å². The highest BCUT2D eigenvalue weighted by atomic mass is 32.2. The van der Waals surface area contributed by atoms with E-state index in [0.717, 1.165) is 11.2 Å². The molecule has 0 saturated carbocycles. The summed E-state index contributed by atoms with van der Waals surface area (Å²) in [6.07, 6.45) is 2.83. The fourth-order valence-electron chi connectivity index (χ4n) is 0.966. The molecule has 0 spiro atoms. The molecule has 0 aliphatic carbocycles. The van der Waals surface area contributed by atoms with E-state index in [0.29, 0.717) is 0 Å². The molecule has 1 heterocycles. The second kappa shape index (κ2) is 2.77. The first-order valence-electron chi connectivity index (χ1n) is 3.46. The summed E-state index contributed by atoms with van der Waals surface area (Å²) >= 11 is 2.14. The van der Waals surface area contributed by atoms with Gasteiger partial charge in [-0.15, -0.1) is 0 Å². The highest BCUT2D eigenvalue weighted by Gasteiger charge is 2.22. The minimum Gasteiger partial charge on any atom is -0.158 e. The fourth-order valence-corrected chi connectivity index (χ4v) is 1.99. The smallest absolute Gasteiger partial charge is 0.00804 e. The molecule has 1 heteroatoms. The SMILES string of the molecule is CCC(C)C1CCS1. The van der Waals surface area contributed by atoms with Crippen molar-refractivity contribution in [2.24, 2.45) is 5.92 Å². The maximum Gasteiger partial charge on any atom is 0.00804 e. The van der Waals surface area contributed by atoms with Crippen molar-refractivity contribution >= 4 is 11.8 Å². The van der Waals surface area contributed by atoms with E-state index in [2.05, 4.69) is 25.6 Å². The molecule has 0 aromatic rings. The van der Waals surface area contributed by atoms with Crippen molar-refractivity contribution in [1.29, 1.82) is 0 Å². The summed E-state index contributed by atoms with van der Waals surface area (Å²) in [5, 5.41) is 1.01. The number of hydrogen-bond donors (Lipinski definition) is 0. The van der Waals surface area contributed by atoms with E-state index in [4.69, 9.17) is 0 Å². The normalized spacial score (nSPS) is 31.5. The predicted octanol–water partition coefficient (Wildman–Crippen LogP) is 2.54. The van der Waals surface area contributed by atoms with Gasteiger partial charge in [0.25, 0.3) is 0 Å². The van der Waals surface area contributed by atoms with E-state index in [-0.39, 0.29) is 0 Å². The van der Waals surface area contributed by atoms with Crippen LogP contribution in [0.1, 0.15) is 26.7 Å². The molecule has 0 N–H and O–H groups in total. The molecule has 2 unspecified atom stereocenters. The van der Waals surface area contributed by atoms with Gasteiger partial charge < -0.3 is 0 Å². The first kappa shape index (κ1) is 6.47. The largest absolute Gasteiger partial charge is 0.158 e. The van der Waals surface area contributed by atoms with Crippen LogP contribution >= 0.6 is 11.8 Å². The Hall–Kier alpha value is 0.350. The molecule has 1 aliphatic rings. The van der Waals surface area contributed by atoms with E-state index < -0.39 is 0 Å². The van der Waals surface area contributed by atoms with Gasteiger partial charge in [0, 0.05) is 5.25 Å². The van der Waals surface area contributed by atoms with Gasteiger partial charge in [0.2, 0.25) is 0 Å². The molecule has 1 aliphatic heterocycles. The third-order valence-corrected chi connectivity index (χ3v) is 3.61. The molecule has 1 rings (SSSR count). The average Bonchev–Trinajstić information content (AvgIpc) is 1.62. The van der Waals surface area contributed by atoms with Gasteiger partial charge in [-0.3, -0.25) is 0 Å². The molecule has 2 atom stereocenters. The highest BCUT2D eigenvalue weighted by Crippen LogP contribution is 2.34. The van der Waals surface area contributed by atoms with Gasteiger partial charge >= 0.3 is 0 Å². The molecule has 48 valence electrons. The lowest BCUT2D eigenvalue weighted by Gasteiger charge is -2.29. The van der Waals surface area contributed by atoms with Crippen LogP contribution in [-0.4, -0.2) is 11.0 Å². The highest BCUT2D eigenvalue weighted by molar-refractivity contribution is 8.01. The van der Waals surface area contributed by atoms with Crippen LogP contribution in [0, 0.1) is 5.92 Å². The van der Waals surface area contributed by atoms with Crippen LogP contribution < -0.4 is 0 Å². The summed E-state index contributed by atoms with van der Waals surface area (Å²) in [4.78, 5) is 0. The second-order valence-electron chi connectivity index (χ2n) is 2.58. The van der Waals surface area contributed by atoms with Crippen LogP contribution in [0.4, 0.5) is 0 Å². The minimum absolute atomic E-state index is 0.966. The van der Waals surface area contributed by atoms with Crippen molar-refractivity contribution in [2.75, 3.05) is 5.75 Å². The zero-order valence-corrected chi connectivity index (χ0v) is 6.50. The third kappa shape index (κ3) is 1.19. The lowest BCUT2D eigenvalue weighted by Crippen LogP contribution is -2.22. The molecular weight excluding hydrogens is 116 g/mol. The maximum atomic E-state index is 2.36. The molecule has 0 aromatic heterocycles. The topological polar surface area (TPSA) is 0 Å². The molecule has 0 aromatic carbocycles. The minimum atomic E-state index is 0.966. The quantitative estimate of drug-likeness (QED) is 0.553. The van der Waals surface area contributed by atoms with E-state index in [1.165, 1.54) is 18.6 Å². The Bertz CT molecular complexity index is 64.0. The summed E-state index contributed by atoms with van der Waals surface area (Å²) in [5.74, 6) is 2.38. The Morgan fingerprint density at radius 1 is 1.75 bits per heavy atom. The van der Waals surface area contributed by atoms with Crippen LogP contribution in [0.5, 0.6) is 0 Å². The molecule has 1 fully saturated rings. The fraction of sp³-hybridized carbons (Fsp3) is 1.00. The van der Waals surface area contributed by atoms with Gasteiger partial charge in [0.15, 0.2) is 0 Å². The van der Waals surface area contributed by atoms with Crippen LogP contribution in [0.15, 0.2) is 0 Å². The van der Waals surface area contributed by atoms with Gasteiger partial charge in [-0.2, -0.15) is 11.8 Å². The van der Waals surface area contributed by atoms with Crippen molar-refractivity contribution in [1.82, 2.24) is 0 Å². The summed E-state index contributed by atoms with van der Waals surface area (Å²) in [6.45, 7) is 4.64. The zero-order valence-electron chi connectivity index (χ0n) is 5.68. The average molecular weight is 130 g/mol. The number of hydrogen-bond acceptors (Lipinski definition) is 1. The summed E-state index contributed by atoms with van der Waals surface area (Å²) in [6, 6.07) is 0. The molecule has 0 bridgehead atoms. The van der Waals surface area contributed by atoms with Crippen molar-refractivity contribution in [3.8, 4) is 0 Å². The Balaban J connectivity index is 2.13. The number of thioether (sulfide) groups is 1. The van der Waals surface area contributed by atoms with E-state index in [1.807, 2.05) is 0 Å². The van der Waals surface area contributed by atoms with Crippen LogP contribution in [0.25, 0.3) is 0 Å². The second-order valence-corrected chi connectivity index (χ2v) is 3.93. The van der Waals surface area contributed by atoms with Crippen molar-refractivity contribution < 1.29 is 0 Å². The van der Waals surface area contributed by atoms with Crippen LogP contribution in [-0.2, 0) is 0 Å². The van der Waals surface area contributed by atoms with Crippen LogP contribution in [0.2, 0.25) is 0 Å². The standard InChI is InChI=1S/C7H14S/c1-3-6(2)7-4-5-8-7/h6-7H,3-5H2,1-2H3. The zero-order chi connectivity index (χ0) is 5.98. The monoisotopic (exact) mass is 130 g/mol. The molecule has 8 heavy (non-hydrogen) atoms. The molecular formula is C7H14S. The Labute approximate surface area is 56.0 Å². The van der Waals surface area contributed by atoms with Gasteiger partial charge in [-0.05, 0) is 18.1 Å².